The molecule has 2 amide bonds. The van der Waals surface area contributed by atoms with Crippen molar-refractivity contribution in [2.45, 2.75) is 52.6 Å². The van der Waals surface area contributed by atoms with Crippen molar-refractivity contribution < 1.29 is 33.4 Å². The van der Waals surface area contributed by atoms with Crippen LogP contribution in [0.25, 0.3) is 0 Å². The number of benzene rings is 3. The molecule has 252 valence electrons. The summed E-state index contributed by atoms with van der Waals surface area (Å²) in [5.41, 5.74) is 15.5. The second-order valence-corrected chi connectivity index (χ2v) is 13.5. The highest BCUT2D eigenvalue weighted by atomic mass is 16.6. The maximum atomic E-state index is 13.6. The molecule has 3 aromatic carbocycles. The Balaban J connectivity index is 1.32. The molecule has 2 aliphatic rings. The van der Waals surface area contributed by atoms with Crippen molar-refractivity contribution in [2.24, 2.45) is 38.9 Å². The van der Waals surface area contributed by atoms with E-state index in [-0.39, 0.29) is 30.5 Å². The minimum absolute atomic E-state index is 0.0197. The topological polar surface area (TPSA) is 198 Å². The molecule has 0 saturated heterocycles. The number of hydrogen-bond acceptors (Lipinski definition) is 8. The Morgan fingerprint density at radius 1 is 0.875 bits per heavy atom. The number of carbonyl (C=O) groups excluding carboxylic acids is 4. The van der Waals surface area contributed by atoms with Gasteiger partial charge < -0.3 is 36.7 Å². The summed E-state index contributed by atoms with van der Waals surface area (Å²) < 4.78 is 18.2. The highest BCUT2D eigenvalue weighted by Gasteiger charge is 2.53. The predicted octanol–water partition coefficient (Wildman–Crippen LogP) is 3.87. The lowest BCUT2D eigenvalue weighted by molar-refractivity contribution is -0.145. The van der Waals surface area contributed by atoms with Gasteiger partial charge in [0.1, 0.15) is 17.2 Å². The number of nitrogens with two attached hydrogens (primary N) is 3. The van der Waals surface area contributed by atoms with Crippen LogP contribution in [0.2, 0.25) is 0 Å². The lowest BCUT2D eigenvalue weighted by atomic mass is 9.74. The van der Waals surface area contributed by atoms with Gasteiger partial charge in [0, 0.05) is 47.2 Å². The quantitative estimate of drug-likeness (QED) is 0.0735. The first-order valence-corrected chi connectivity index (χ1v) is 15.8. The fraction of sp³-hybridized carbons (Fsp3) is 0.361. The molecule has 5 rings (SSSR count). The minimum Gasteiger partial charge on any atom is -0.456 e. The molecule has 0 bridgehead atoms. The number of hydrogen-bond donors (Lipinski definition) is 4. The monoisotopic (exact) mass is 655 g/mol. The Kier molecular flexibility index (Phi) is 9.21. The molecule has 2 heterocycles. The normalized spacial score (nSPS) is 16.8. The number of nitrogens with zero attached hydrogens (tertiary/aromatic N) is 1. The van der Waals surface area contributed by atoms with Crippen molar-refractivity contribution in [2.75, 3.05) is 13.1 Å². The van der Waals surface area contributed by atoms with Crippen molar-refractivity contribution in [1.82, 2.24) is 5.32 Å². The van der Waals surface area contributed by atoms with Crippen molar-refractivity contribution in [3.63, 3.8) is 0 Å². The average molecular weight is 656 g/mol. The van der Waals surface area contributed by atoms with Crippen molar-refractivity contribution in [3.05, 3.63) is 89.0 Å². The van der Waals surface area contributed by atoms with Crippen LogP contribution < -0.4 is 32.0 Å². The molecule has 12 nitrogen and oxygen atoms in total. The summed E-state index contributed by atoms with van der Waals surface area (Å²) in [6.45, 7) is 7.49. The molecule has 3 aromatic rings. The van der Waals surface area contributed by atoms with E-state index in [0.717, 1.165) is 0 Å². The summed E-state index contributed by atoms with van der Waals surface area (Å²) in [5, 5.41) is 2.84. The first-order chi connectivity index (χ1) is 22.7. The molecular weight excluding hydrogens is 614 g/mol. The number of ether oxygens (including phenoxy) is 3. The van der Waals surface area contributed by atoms with Crippen LogP contribution in [-0.4, -0.2) is 42.8 Å². The second kappa shape index (κ2) is 13.0. The standard InChI is InChI=1S/C36H41N5O7/c1-34(2,31(44)40-16-9-17-41-33(38)39)19-21(29(37)42)20-35(3,4)32(45)46-22-14-15-26-28(18-22)47-27-13-8-7-12-25(27)36(26)24-11-6-5-10-23(24)30(43)48-36/h5-8,10-15,18,21H,9,16-17,19-20H2,1-4H3,(H2,37,42)(H,40,44)(H4,38,39,41). The van der Waals surface area contributed by atoms with E-state index in [1.54, 1.807) is 64.1 Å². The summed E-state index contributed by atoms with van der Waals surface area (Å²) in [4.78, 5) is 56.0. The van der Waals surface area contributed by atoms with E-state index < -0.39 is 40.2 Å². The third-order valence-corrected chi connectivity index (χ3v) is 8.80. The van der Waals surface area contributed by atoms with E-state index in [4.69, 9.17) is 31.4 Å². The van der Waals surface area contributed by atoms with E-state index in [0.29, 0.717) is 53.3 Å². The molecule has 12 heteroatoms. The van der Waals surface area contributed by atoms with Crippen molar-refractivity contribution in [1.29, 1.82) is 0 Å². The van der Waals surface area contributed by atoms with Crippen LogP contribution in [0.15, 0.2) is 71.7 Å². The van der Waals surface area contributed by atoms with E-state index >= 15 is 0 Å². The maximum absolute atomic E-state index is 13.6. The Labute approximate surface area is 279 Å². The van der Waals surface area contributed by atoms with Gasteiger partial charge in [-0.25, -0.2) is 4.79 Å². The zero-order valence-corrected chi connectivity index (χ0v) is 27.5. The van der Waals surface area contributed by atoms with Crippen molar-refractivity contribution in [3.8, 4) is 17.2 Å². The summed E-state index contributed by atoms with van der Waals surface area (Å²) in [5.74, 6) is -1.67. The summed E-state index contributed by atoms with van der Waals surface area (Å²) in [6.07, 6.45) is 0.706. The number of carbonyl (C=O) groups is 4. The van der Waals surface area contributed by atoms with Gasteiger partial charge in [0.15, 0.2) is 11.6 Å². The van der Waals surface area contributed by atoms with Gasteiger partial charge in [0.05, 0.1) is 11.0 Å². The predicted molar refractivity (Wildman–Crippen MR) is 178 cm³/mol. The van der Waals surface area contributed by atoms with Crippen LogP contribution in [-0.2, 0) is 24.7 Å². The molecule has 0 radical (unpaired) electrons. The molecule has 0 aliphatic carbocycles. The molecule has 7 N–H and O–H groups in total. The van der Waals surface area contributed by atoms with Gasteiger partial charge in [-0.2, -0.15) is 0 Å². The van der Waals surface area contributed by atoms with E-state index in [1.165, 1.54) is 0 Å². The van der Waals surface area contributed by atoms with Crippen LogP contribution in [0, 0.1) is 16.7 Å². The van der Waals surface area contributed by atoms with Crippen LogP contribution in [0.4, 0.5) is 0 Å². The first kappa shape index (κ1) is 34.0. The van der Waals surface area contributed by atoms with Gasteiger partial charge in [0.2, 0.25) is 11.8 Å². The second-order valence-electron chi connectivity index (χ2n) is 13.5. The maximum Gasteiger partial charge on any atom is 0.340 e. The largest absolute Gasteiger partial charge is 0.456 e. The zero-order valence-electron chi connectivity index (χ0n) is 27.5. The van der Waals surface area contributed by atoms with Crippen molar-refractivity contribution >= 4 is 29.7 Å². The van der Waals surface area contributed by atoms with Gasteiger partial charge in [-0.1, -0.05) is 50.2 Å². The molecule has 2 aliphatic heterocycles. The number of guanidine groups is 1. The van der Waals surface area contributed by atoms with Crippen LogP contribution in [0.1, 0.15) is 74.0 Å². The Hall–Kier alpha value is -5.39. The van der Waals surface area contributed by atoms with Gasteiger partial charge >= 0.3 is 11.9 Å². The highest BCUT2D eigenvalue weighted by molar-refractivity contribution is 5.97. The molecular formula is C36H41N5O7. The Morgan fingerprint density at radius 3 is 2.23 bits per heavy atom. The molecule has 0 saturated carbocycles. The number of primary amides is 1. The lowest BCUT2D eigenvalue weighted by Crippen LogP contribution is -2.42. The first-order valence-electron chi connectivity index (χ1n) is 15.8. The summed E-state index contributed by atoms with van der Waals surface area (Å²) in [7, 11) is 0. The number of aliphatic imine (C=N–C) groups is 1. The van der Waals surface area contributed by atoms with Crippen LogP contribution >= 0.6 is 0 Å². The number of rotatable bonds is 12. The fourth-order valence-electron chi connectivity index (χ4n) is 6.32. The molecule has 2 atom stereocenters. The smallest absolute Gasteiger partial charge is 0.340 e. The number of amides is 2. The molecule has 1 spiro atoms. The highest BCUT2D eigenvalue weighted by Crippen LogP contribution is 2.56. The fourth-order valence-corrected chi connectivity index (χ4v) is 6.32. The third-order valence-electron chi connectivity index (χ3n) is 8.80. The summed E-state index contributed by atoms with van der Waals surface area (Å²) >= 11 is 0. The number of esters is 2. The van der Waals surface area contributed by atoms with Gasteiger partial charge in [0.25, 0.3) is 0 Å². The van der Waals surface area contributed by atoms with E-state index in [1.807, 2.05) is 30.3 Å². The van der Waals surface area contributed by atoms with Gasteiger partial charge in [-0.3, -0.25) is 19.4 Å². The van der Waals surface area contributed by atoms with Gasteiger partial charge in [-0.05, 0) is 57.4 Å². The molecule has 0 aromatic heterocycles. The van der Waals surface area contributed by atoms with Crippen LogP contribution in [0.3, 0.4) is 0 Å². The van der Waals surface area contributed by atoms with E-state index in [2.05, 4.69) is 10.3 Å². The number of para-hydroxylation sites is 1. The molecule has 2 unspecified atom stereocenters. The lowest BCUT2D eigenvalue weighted by Gasteiger charge is -2.36. The third kappa shape index (κ3) is 6.55. The summed E-state index contributed by atoms with van der Waals surface area (Å²) in [6, 6.07) is 19.5. The van der Waals surface area contributed by atoms with Gasteiger partial charge in [-0.15, -0.1) is 0 Å². The Morgan fingerprint density at radius 2 is 1.52 bits per heavy atom. The average Bonchev–Trinajstić information content (AvgIpc) is 3.32. The molecule has 48 heavy (non-hydrogen) atoms. The SMILES string of the molecule is CC(C)(CC(CC(C)(C)C(=O)Oc1ccc2c(c1)Oc1ccccc1C21OC(=O)c2ccccc21)C(N)=O)C(=O)NCCCN=C(N)N. The zero-order chi connectivity index (χ0) is 34.9. The molecule has 0 fully saturated rings. The number of nitrogens with one attached hydrogen (secondary N) is 1. The van der Waals surface area contributed by atoms with E-state index in [9.17, 15) is 19.2 Å². The van der Waals surface area contributed by atoms with Crippen LogP contribution in [0.5, 0.6) is 17.2 Å². The number of fused-ring (bicyclic) bond motifs is 6. The minimum atomic E-state index is -1.24. The Bertz CT molecular complexity index is 1800.